The van der Waals surface area contributed by atoms with Gasteiger partial charge in [0.25, 0.3) is 0 Å². The third-order valence-corrected chi connectivity index (χ3v) is 12.7. The Morgan fingerprint density at radius 1 is 0.342 bits per heavy atom. The van der Waals surface area contributed by atoms with Crippen LogP contribution in [0.4, 0.5) is 0 Å². The molecule has 5 aromatic rings. The molecule has 5 aromatic carbocycles. The van der Waals surface area contributed by atoms with E-state index in [-0.39, 0.29) is 71.2 Å². The molecule has 0 aliphatic carbocycles. The number of phenols is 1. The molecule has 0 saturated carbocycles. The van der Waals surface area contributed by atoms with E-state index in [0.717, 1.165) is 6.07 Å². The van der Waals surface area contributed by atoms with Crippen molar-refractivity contribution < 1.29 is 182 Å². The van der Waals surface area contributed by atoms with Crippen molar-refractivity contribution in [1.29, 1.82) is 0 Å². The molecule has 37 nitrogen and oxygen atoms in total. The SMILES string of the molecule is COc1cccc(C(=O)O)c1[O-].COc1ccccc1C(=O)[O-].C[N+](C)(C)CC(O)CC(=O)O.C[N+](C)(C)CC(O)CC(=O)O.C[N+](C)(C)CC(O)CC(=O)O.C[N+](C)(C)CC(O)CC(=O)O.C[N+](C)(C)CC(O)CC(=O)O.Cc1cc(C(=O)O)cc(O)c1[O-].Cc1cccc(C(=O)O)c1[O-].O=C(O)c1ccccc1[O-]. The highest BCUT2D eigenvalue weighted by Crippen LogP contribution is 2.28. The van der Waals surface area contributed by atoms with Gasteiger partial charge in [0.15, 0.2) is 0 Å². The third kappa shape index (κ3) is 60.6. The van der Waals surface area contributed by atoms with Crippen molar-refractivity contribution in [3.05, 3.63) is 136 Å². The van der Waals surface area contributed by atoms with E-state index in [9.17, 15) is 73.5 Å². The Hall–Kier alpha value is -11.0. The number of ether oxygens (including phenoxy) is 2. The Balaban J connectivity index is -0.000000375. The van der Waals surface area contributed by atoms with Gasteiger partial charge < -0.3 is 139 Å². The maximum absolute atomic E-state index is 11.1. The van der Waals surface area contributed by atoms with Crippen LogP contribution >= 0.6 is 0 Å². The fraction of sp³-hybridized carbons (Fsp3) is 0.459. The molecule has 0 bridgehead atoms. The second kappa shape index (κ2) is 53.0. The first kappa shape index (κ1) is 109. The number of aromatic carboxylic acids is 5. The van der Waals surface area contributed by atoms with Gasteiger partial charge in [-0.15, -0.1) is 0 Å². The fourth-order valence-electron chi connectivity index (χ4n) is 8.49. The number of methoxy groups -OCH3 is 2. The van der Waals surface area contributed by atoms with Gasteiger partial charge in [0.05, 0.1) is 180 Å². The number of carbonyl (C=O) groups is 10. The number of likely N-dealkylation sites (N-methyl/N-ethyl adjacent to an activating group) is 5. The van der Waals surface area contributed by atoms with E-state index in [0.29, 0.717) is 66.5 Å². The van der Waals surface area contributed by atoms with Crippen LogP contribution in [-0.4, -0.2) is 342 Å². The second-order valence-electron chi connectivity index (χ2n) is 29.3. The lowest BCUT2D eigenvalue weighted by atomic mass is 10.1. The highest BCUT2D eigenvalue weighted by atomic mass is 16.5. The van der Waals surface area contributed by atoms with Gasteiger partial charge in [-0.25, -0.2) is 19.2 Å². The molecule has 0 amide bonds. The first-order chi connectivity index (χ1) is 50.3. The number of aliphatic carboxylic acids is 5. The summed E-state index contributed by atoms with van der Waals surface area (Å²) in [6.45, 7) is 5.37. The van der Waals surface area contributed by atoms with E-state index in [1.165, 1.54) is 81.8 Å². The average molecular weight is 1580 g/mol. The molecule has 5 unspecified atom stereocenters. The number of aryl methyl sites for hydroxylation is 2. The van der Waals surface area contributed by atoms with E-state index in [2.05, 4.69) is 4.74 Å². The van der Waals surface area contributed by atoms with Crippen molar-refractivity contribution in [3.63, 3.8) is 0 Å². The average Bonchev–Trinajstić information content (AvgIpc) is 0.861. The predicted octanol–water partition coefficient (Wildman–Crippen LogP) is -0.136. The summed E-state index contributed by atoms with van der Waals surface area (Å²) >= 11 is 0. The Labute approximate surface area is 644 Å². The Kier molecular flexibility index (Phi) is 51.8. The van der Waals surface area contributed by atoms with Crippen molar-refractivity contribution in [2.75, 3.05) is 153 Å². The number of carboxylic acid groups (broad SMARTS) is 10. The van der Waals surface area contributed by atoms with E-state index >= 15 is 0 Å². The van der Waals surface area contributed by atoms with Gasteiger partial charge in [-0.05, 0) is 62.4 Å². The number of aliphatic hydroxyl groups excluding tert-OH is 5. The topological polar surface area (TPSA) is 608 Å². The lowest BCUT2D eigenvalue weighted by Crippen LogP contribution is -2.42. The number of carboxylic acids is 10. The third-order valence-electron chi connectivity index (χ3n) is 12.7. The molecule has 0 spiro atoms. The van der Waals surface area contributed by atoms with Crippen LogP contribution in [0.15, 0.2) is 97.1 Å². The highest BCUT2D eigenvalue weighted by Gasteiger charge is 2.22. The summed E-state index contributed by atoms with van der Waals surface area (Å²) in [5.74, 6) is -12.8. The number of para-hydroxylation sites is 4. The van der Waals surface area contributed by atoms with Crippen LogP contribution in [0.25, 0.3) is 0 Å². The Morgan fingerprint density at radius 2 is 0.613 bits per heavy atom. The Morgan fingerprint density at radius 3 is 0.847 bits per heavy atom. The molecule has 0 radical (unpaired) electrons. The summed E-state index contributed by atoms with van der Waals surface area (Å²) in [4.78, 5) is 102. The number of carbonyl (C=O) groups excluding carboxylic acids is 1. The first-order valence-electron chi connectivity index (χ1n) is 33.0. The van der Waals surface area contributed by atoms with Crippen LogP contribution in [0, 0.1) is 13.8 Å². The molecule has 626 valence electrons. The minimum atomic E-state index is -1.24. The van der Waals surface area contributed by atoms with Gasteiger partial charge in [0.1, 0.15) is 80.5 Å². The lowest BCUT2D eigenvalue weighted by Gasteiger charge is -2.25. The molecular formula is C74H113N5O32. The van der Waals surface area contributed by atoms with Crippen LogP contribution in [0.1, 0.15) is 95.0 Å². The molecular weight excluding hydrogens is 1470 g/mol. The fourth-order valence-corrected chi connectivity index (χ4v) is 8.49. The van der Waals surface area contributed by atoms with Crippen molar-refractivity contribution in [2.24, 2.45) is 0 Å². The summed E-state index contributed by atoms with van der Waals surface area (Å²) in [5.41, 5.74) is 0.0822. The minimum Gasteiger partial charge on any atom is -0.872 e. The van der Waals surface area contributed by atoms with Gasteiger partial charge in [0, 0.05) is 5.56 Å². The van der Waals surface area contributed by atoms with Crippen molar-refractivity contribution in [1.82, 2.24) is 0 Å². The standard InChI is InChI=1S/2C8H8O4.2C8H8O3.5C7H15NO3.C7H6O3/c1-4-2-5(8(11)12)3-6(9)7(4)10;1-12-6-4-2-3-5(7(6)9)8(10)11;1-11-7-5-3-2-4-6(7)8(9)10;1-5-3-2-4-6(7(5)9)8(10)11;5*1-8(2,3)5-6(9)4-7(10)11;8-6-4-2-1-3-5(6)7(9)10/h2-3,9-10H,1H3,(H,11,12);2-4,9H,1H3,(H,10,11);2-5H,1H3,(H,9,10);2-4,9H,1H3,(H,10,11);5*6,9H,4-5H2,1-3H3;1-4,8H,(H,9,10). The summed E-state index contributed by atoms with van der Waals surface area (Å²) in [6, 6.07) is 22.6. The number of nitrogens with zero attached hydrogens (tertiary/aromatic N) is 5. The molecule has 5 atom stereocenters. The van der Waals surface area contributed by atoms with Crippen LogP contribution in [-0.2, 0) is 24.0 Å². The van der Waals surface area contributed by atoms with Gasteiger partial charge in [-0.2, -0.15) is 0 Å². The molecule has 5 rings (SSSR count). The van der Waals surface area contributed by atoms with E-state index in [1.807, 2.05) is 106 Å². The normalized spacial score (nSPS) is 12.0. The summed E-state index contributed by atoms with van der Waals surface area (Å²) in [5, 5.41) is 184. The molecule has 0 aliphatic rings. The molecule has 0 saturated heterocycles. The van der Waals surface area contributed by atoms with Crippen LogP contribution in [0.3, 0.4) is 0 Å². The number of aliphatic hydroxyl groups is 5. The minimum absolute atomic E-state index is 0.0508. The molecule has 0 fully saturated rings. The highest BCUT2D eigenvalue weighted by molar-refractivity contribution is 5.92. The second-order valence-corrected chi connectivity index (χ2v) is 29.3. The smallest absolute Gasteiger partial charge is 0.335 e. The molecule has 15 N–H and O–H groups in total. The number of benzene rings is 5. The van der Waals surface area contributed by atoms with Gasteiger partial charge in [-0.1, -0.05) is 82.7 Å². The zero-order valence-electron chi connectivity index (χ0n) is 66.1. The zero-order valence-corrected chi connectivity index (χ0v) is 66.1. The Bertz CT molecular complexity index is 3480. The monoisotopic (exact) mass is 1580 g/mol. The number of quaternary nitrogens is 5. The summed E-state index contributed by atoms with van der Waals surface area (Å²) < 4.78 is 12.3. The quantitative estimate of drug-likeness (QED) is 0.0304. The predicted molar refractivity (Wildman–Crippen MR) is 392 cm³/mol. The van der Waals surface area contributed by atoms with E-state index in [1.54, 1.807) is 37.3 Å². The number of phenolic OH excluding ortho intramolecular Hbond substituents is 1. The molecule has 0 aliphatic heterocycles. The molecule has 37 heteroatoms. The number of hydrogen-bond acceptors (Lipinski definition) is 23. The number of rotatable bonds is 27. The van der Waals surface area contributed by atoms with E-state index in [4.69, 9.17) is 81.3 Å². The van der Waals surface area contributed by atoms with Gasteiger partial charge >= 0.3 is 53.7 Å². The van der Waals surface area contributed by atoms with Crippen molar-refractivity contribution in [2.45, 2.75) is 76.5 Å². The summed E-state index contributed by atoms with van der Waals surface area (Å²) in [7, 11) is 31.4. The molecule has 0 heterocycles. The maximum atomic E-state index is 11.1. The van der Waals surface area contributed by atoms with Crippen LogP contribution in [0.5, 0.6) is 40.2 Å². The lowest BCUT2D eigenvalue weighted by molar-refractivity contribution is -0.873. The zero-order chi connectivity index (χ0) is 88.0. The van der Waals surface area contributed by atoms with Gasteiger partial charge in [0.2, 0.25) is 0 Å². The molecule has 111 heavy (non-hydrogen) atoms. The first-order valence-corrected chi connectivity index (χ1v) is 33.0. The van der Waals surface area contributed by atoms with Crippen LogP contribution in [0.2, 0.25) is 0 Å². The maximum Gasteiger partial charge on any atom is 0.335 e. The largest absolute Gasteiger partial charge is 0.872 e. The van der Waals surface area contributed by atoms with Crippen LogP contribution < -0.4 is 35.0 Å². The van der Waals surface area contributed by atoms with Crippen molar-refractivity contribution in [3.8, 4) is 40.2 Å². The molecule has 0 aromatic heterocycles. The number of hydrogen-bond donors (Lipinski definition) is 15. The number of aromatic hydroxyl groups is 1. The van der Waals surface area contributed by atoms with Crippen molar-refractivity contribution >= 4 is 59.7 Å². The van der Waals surface area contributed by atoms with Gasteiger partial charge in [-0.3, -0.25) is 24.0 Å². The summed E-state index contributed by atoms with van der Waals surface area (Å²) in [6.07, 6.45) is -4.57. The van der Waals surface area contributed by atoms with E-state index < -0.39 is 119 Å².